The number of amides is 2. The van der Waals surface area contributed by atoms with E-state index in [9.17, 15) is 63.4 Å². The number of nitrogens with zero attached hydrogens (tertiary/aromatic N) is 6. The number of sulfonamides is 3. The van der Waals surface area contributed by atoms with E-state index < -0.39 is 80.9 Å². The topological polar surface area (TPSA) is 376 Å². The van der Waals surface area contributed by atoms with Crippen LogP contribution in [0.15, 0.2) is 152 Å². The Morgan fingerprint density at radius 2 is 0.916 bits per heavy atom. The maximum atomic E-state index is 12.5. The number of benzene rings is 1. The zero-order valence-corrected chi connectivity index (χ0v) is 50.4. The average Bonchev–Trinajstić information content (AvgIpc) is 2.10. The van der Waals surface area contributed by atoms with Gasteiger partial charge in [-0.05, 0) is 73.7 Å². The highest BCUT2D eigenvalue weighted by atomic mass is 35.5. The van der Waals surface area contributed by atoms with Gasteiger partial charge in [0.1, 0.15) is 32.1 Å². The minimum atomic E-state index is -4.02. The molecular weight excluding hydrogens is 1290 g/mol. The van der Waals surface area contributed by atoms with Crippen molar-refractivity contribution in [2.24, 2.45) is 0 Å². The van der Waals surface area contributed by atoms with Crippen LogP contribution >= 0.6 is 68.8 Å². The number of nitrogen functional groups attached to an aromatic ring is 1. The standard InChI is InChI=1S/2C13H10ClN3O4S2.C9H8ClNO5S2.C7H8O3S.C5H6N2.CH4/c2*1-17-10(13(19)16-9-4-2-3-5-15-9)11(18)12-7(23(17,20)21)6-8(14)22-12;1-11-6(9(13)16-2)7(12)8-4(18(11,14)15)3-5(10)17-8;1-6-2-4-7(5-3-6)11(8,9)10;6-5-3-1-2-4-7-5;/h2*2-6,18H,1H3,(H,15,16,19);3,12H,1-2H3;2-5H,1H3,(H,8,9,10);1-4H,(H2,6,7);1H4. The minimum Gasteiger partial charge on any atom is -0.504 e. The smallest absolute Gasteiger partial charge is 0.359 e. The van der Waals surface area contributed by atoms with Gasteiger partial charge in [0.15, 0.2) is 34.4 Å². The summed E-state index contributed by atoms with van der Waals surface area (Å²) >= 11 is 20.1. The highest BCUT2D eigenvalue weighted by Crippen LogP contribution is 2.44. The van der Waals surface area contributed by atoms with Gasteiger partial charge in [0.2, 0.25) is 0 Å². The van der Waals surface area contributed by atoms with Crippen LogP contribution in [-0.2, 0) is 59.3 Å². The zero-order chi connectivity index (χ0) is 60.8. The van der Waals surface area contributed by atoms with Crippen molar-refractivity contribution in [2.45, 2.75) is 33.9 Å². The fourth-order valence-electron chi connectivity index (χ4n) is 6.81. The summed E-state index contributed by atoms with van der Waals surface area (Å²) in [6, 6.07) is 24.9. The molecule has 3 aliphatic heterocycles. The number of aliphatic hydroxyl groups is 3. The first kappa shape index (κ1) is 66.4. The van der Waals surface area contributed by atoms with Crippen molar-refractivity contribution in [3.63, 3.8) is 0 Å². The Labute approximate surface area is 502 Å². The molecule has 2 amide bonds. The van der Waals surface area contributed by atoms with Crippen molar-refractivity contribution in [3.05, 3.63) is 166 Å². The summed E-state index contributed by atoms with van der Waals surface area (Å²) in [5.74, 6) is -2.81. The summed E-state index contributed by atoms with van der Waals surface area (Å²) in [4.78, 5) is 47.6. The van der Waals surface area contributed by atoms with E-state index in [0.717, 1.165) is 62.3 Å². The molecule has 442 valence electrons. The third kappa shape index (κ3) is 14.9. The number of aliphatic hydroxyl groups excluding tert-OH is 3. The molecule has 6 aromatic heterocycles. The number of halogens is 3. The summed E-state index contributed by atoms with van der Waals surface area (Å²) in [5.41, 5.74) is 5.00. The molecule has 0 atom stereocenters. The molecule has 0 bridgehead atoms. The maximum absolute atomic E-state index is 12.5. The number of aromatic nitrogens is 3. The number of methoxy groups -OCH3 is 1. The van der Waals surface area contributed by atoms with Crippen molar-refractivity contribution < 1.29 is 72.7 Å². The number of hydrogen-bond donors (Lipinski definition) is 7. The number of nitrogens with one attached hydrogen (secondary N) is 2. The van der Waals surface area contributed by atoms with E-state index in [0.29, 0.717) is 10.1 Å². The number of likely N-dealkylation sites (N-methyl/N-ethyl adjacent to an activating group) is 3. The van der Waals surface area contributed by atoms with Gasteiger partial charge in [-0.1, -0.05) is 78.1 Å². The minimum absolute atomic E-state index is 0. The van der Waals surface area contributed by atoms with Crippen LogP contribution in [0.5, 0.6) is 0 Å². The average molecular weight is 1340 g/mol. The van der Waals surface area contributed by atoms with Crippen LogP contribution in [0.2, 0.25) is 13.0 Å². The molecule has 7 aromatic rings. The molecule has 0 fully saturated rings. The predicted octanol–water partition coefficient (Wildman–Crippen LogP) is 8.57. The van der Waals surface area contributed by atoms with Gasteiger partial charge >= 0.3 is 5.97 Å². The van der Waals surface area contributed by atoms with Gasteiger partial charge in [-0.25, -0.2) is 45.0 Å². The van der Waals surface area contributed by atoms with E-state index in [4.69, 9.17) is 45.1 Å². The SMILES string of the molecule is C.CN1C(C(=O)Nc2ccccn2)=C(O)c2sc(Cl)cc2S1(=O)=O.CN1C(C(=O)Nc2ccccn2)=C(O)c2sc(Cl)cc2S1(=O)=O.COC(=O)C1=C(O)c2sc(Cl)cc2S(=O)(=O)N1C.Cc1ccc(S(=O)(=O)O)cc1.Nc1ccccn1. The first-order valence-electron chi connectivity index (χ1n) is 22.2. The van der Waals surface area contributed by atoms with Crippen molar-refractivity contribution in [1.29, 1.82) is 0 Å². The molecule has 0 saturated heterocycles. The number of ether oxygens (including phenoxy) is 1. The Morgan fingerprint density at radius 3 is 1.20 bits per heavy atom. The number of esters is 1. The highest BCUT2D eigenvalue weighted by molar-refractivity contribution is 7.90. The molecule has 25 nitrogen and oxygen atoms in total. The van der Waals surface area contributed by atoms with Crippen LogP contribution in [0.1, 0.15) is 27.6 Å². The monoisotopic (exact) mass is 1330 g/mol. The molecule has 0 spiro atoms. The molecular formula is C48H46Cl3N9O16S7. The van der Waals surface area contributed by atoms with Gasteiger partial charge in [0.25, 0.3) is 52.0 Å². The second-order valence-corrected chi connectivity index (χ2v) is 28.4. The number of thiophene rings is 3. The lowest BCUT2D eigenvalue weighted by molar-refractivity contribution is -0.137. The first-order chi connectivity index (χ1) is 38.3. The Hall–Kier alpha value is -7.37. The largest absolute Gasteiger partial charge is 0.504 e. The quantitative estimate of drug-likeness (QED) is 0.0605. The zero-order valence-electron chi connectivity index (χ0n) is 42.4. The molecule has 0 saturated carbocycles. The summed E-state index contributed by atoms with van der Waals surface area (Å²) < 4.78 is 111. The summed E-state index contributed by atoms with van der Waals surface area (Å²) in [6.45, 7) is 1.84. The van der Waals surface area contributed by atoms with E-state index >= 15 is 0 Å². The van der Waals surface area contributed by atoms with Crippen molar-refractivity contribution in [2.75, 3.05) is 44.6 Å². The molecule has 8 N–H and O–H groups in total. The number of aryl methyl sites for hydroxylation is 1. The van der Waals surface area contributed by atoms with Crippen LogP contribution in [0.3, 0.4) is 0 Å². The molecule has 1 aromatic carbocycles. The fraction of sp³-hybridized carbons (Fsp3) is 0.125. The van der Waals surface area contributed by atoms with Gasteiger partial charge in [-0.3, -0.25) is 27.1 Å². The molecule has 9 heterocycles. The van der Waals surface area contributed by atoms with Crippen LogP contribution in [0.4, 0.5) is 17.5 Å². The molecule has 0 radical (unpaired) electrons. The highest BCUT2D eigenvalue weighted by Gasteiger charge is 2.42. The van der Waals surface area contributed by atoms with Crippen molar-refractivity contribution >= 4 is 162 Å². The number of pyridine rings is 3. The van der Waals surface area contributed by atoms with Crippen LogP contribution < -0.4 is 16.4 Å². The van der Waals surface area contributed by atoms with Gasteiger partial charge in [0.05, 0.1) is 39.6 Å². The van der Waals surface area contributed by atoms with Gasteiger partial charge in [-0.15, -0.1) is 34.0 Å². The van der Waals surface area contributed by atoms with Crippen molar-refractivity contribution in [1.82, 2.24) is 27.9 Å². The van der Waals surface area contributed by atoms with Crippen LogP contribution in [0, 0.1) is 6.92 Å². The van der Waals surface area contributed by atoms with Crippen LogP contribution in [-0.4, -0.2) is 127 Å². The van der Waals surface area contributed by atoms with E-state index in [1.165, 1.54) is 56.8 Å². The normalized spacial score (nSPS) is 15.0. The molecule has 83 heavy (non-hydrogen) atoms. The summed E-state index contributed by atoms with van der Waals surface area (Å²) in [5, 5.41) is 35.5. The number of anilines is 3. The molecule has 35 heteroatoms. The lowest BCUT2D eigenvalue weighted by Gasteiger charge is -2.26. The molecule has 0 unspecified atom stereocenters. The lowest BCUT2D eigenvalue weighted by Crippen LogP contribution is -2.36. The number of hydrogen-bond acceptors (Lipinski definition) is 22. The Bertz CT molecular complexity index is 4000. The van der Waals surface area contributed by atoms with E-state index in [1.54, 1.807) is 60.8 Å². The van der Waals surface area contributed by atoms with E-state index in [1.807, 2.05) is 19.1 Å². The number of rotatable bonds is 6. The number of nitrogens with two attached hydrogens (primary N) is 1. The summed E-state index contributed by atoms with van der Waals surface area (Å²) in [7, 11) is -11.2. The number of carbonyl (C=O) groups excluding carboxylic acids is 3. The van der Waals surface area contributed by atoms with E-state index in [2.05, 4.69) is 30.3 Å². The third-order valence-electron chi connectivity index (χ3n) is 10.8. The first-order valence-corrected chi connectivity index (χ1v) is 31.6. The lowest BCUT2D eigenvalue weighted by atomic mass is 10.2. The molecule has 10 rings (SSSR count). The number of fused-ring (bicyclic) bond motifs is 3. The molecule has 0 aliphatic carbocycles. The van der Waals surface area contributed by atoms with Crippen molar-refractivity contribution in [3.8, 4) is 0 Å². The van der Waals surface area contributed by atoms with Gasteiger partial charge in [0, 0.05) is 39.7 Å². The van der Waals surface area contributed by atoms with Gasteiger partial charge in [-0.2, -0.15) is 8.42 Å². The van der Waals surface area contributed by atoms with Gasteiger partial charge < -0.3 is 36.4 Å². The second-order valence-electron chi connectivity index (χ2n) is 16.1. The Balaban J connectivity index is 0.000000199. The fourth-order valence-corrected chi connectivity index (χ4v) is 16.1. The maximum Gasteiger partial charge on any atom is 0.359 e. The van der Waals surface area contributed by atoms with E-state index in [-0.39, 0.29) is 77.7 Å². The Kier molecular flexibility index (Phi) is 21.5. The molecule has 3 aliphatic rings. The second kappa shape index (κ2) is 26.9. The predicted molar refractivity (Wildman–Crippen MR) is 316 cm³/mol. The number of carbonyl (C=O) groups is 3. The van der Waals surface area contributed by atoms with Crippen LogP contribution in [0.25, 0.3) is 17.3 Å². The third-order valence-corrected chi connectivity index (χ3v) is 21.2. The Morgan fingerprint density at radius 1 is 0.578 bits per heavy atom. The summed E-state index contributed by atoms with van der Waals surface area (Å²) in [6.07, 6.45) is 4.61.